The van der Waals surface area contributed by atoms with E-state index < -0.39 is 0 Å². The van der Waals surface area contributed by atoms with Gasteiger partial charge in [0.25, 0.3) is 0 Å². The molecule has 6 heteroatoms. The molecule has 0 aliphatic carbocycles. The molecule has 0 aliphatic rings. The molecule has 0 heterocycles. The third kappa shape index (κ3) is 4.74. The van der Waals surface area contributed by atoms with Gasteiger partial charge in [-0.3, -0.25) is 0 Å². The van der Waals surface area contributed by atoms with Gasteiger partial charge in [0.15, 0.2) is 11.5 Å². The van der Waals surface area contributed by atoms with E-state index in [2.05, 4.69) is 5.32 Å². The largest absolute Gasteiger partial charge is 0.493 e. The van der Waals surface area contributed by atoms with Crippen molar-refractivity contribution in [3.05, 3.63) is 57.3 Å². The quantitative estimate of drug-likeness (QED) is 0.769. The van der Waals surface area contributed by atoms with E-state index in [1.807, 2.05) is 19.1 Å². The molecule has 0 fully saturated rings. The number of halogens is 3. The molecule has 3 nitrogen and oxygen atoms in total. The van der Waals surface area contributed by atoms with E-state index in [4.69, 9.17) is 32.7 Å². The molecule has 0 unspecified atom stereocenters. The lowest BCUT2D eigenvalue weighted by Crippen LogP contribution is -2.12. The smallest absolute Gasteiger partial charge is 0.180 e. The molecule has 0 atom stereocenters. The van der Waals surface area contributed by atoms with Crippen LogP contribution in [0, 0.1) is 5.82 Å². The van der Waals surface area contributed by atoms with E-state index in [1.54, 1.807) is 13.2 Å². The monoisotopic (exact) mass is 357 g/mol. The molecule has 0 saturated carbocycles. The van der Waals surface area contributed by atoms with Gasteiger partial charge in [-0.05, 0) is 36.4 Å². The van der Waals surface area contributed by atoms with Gasteiger partial charge in [-0.15, -0.1) is 0 Å². The SMILES string of the molecule is CCNCc1cc(Cl)c(OCc2ccc(F)cc2Cl)c(OC)c1. The molecule has 0 aliphatic heterocycles. The van der Waals surface area contributed by atoms with Crippen LogP contribution in [-0.4, -0.2) is 13.7 Å². The van der Waals surface area contributed by atoms with Gasteiger partial charge in [0.1, 0.15) is 12.4 Å². The minimum absolute atomic E-state index is 0.168. The Morgan fingerprint density at radius 1 is 1.13 bits per heavy atom. The summed E-state index contributed by atoms with van der Waals surface area (Å²) in [5, 5.41) is 3.99. The van der Waals surface area contributed by atoms with Crippen LogP contribution in [0.25, 0.3) is 0 Å². The molecule has 124 valence electrons. The standard InChI is InChI=1S/C17H18Cl2FNO2/c1-3-21-9-11-6-15(19)17(16(7-11)22-2)23-10-12-4-5-13(20)8-14(12)18/h4-8,21H,3,9-10H2,1-2H3. The summed E-state index contributed by atoms with van der Waals surface area (Å²) in [6, 6.07) is 7.86. The van der Waals surface area contributed by atoms with Gasteiger partial charge in [0, 0.05) is 12.1 Å². The van der Waals surface area contributed by atoms with Gasteiger partial charge >= 0.3 is 0 Å². The van der Waals surface area contributed by atoms with Crippen LogP contribution < -0.4 is 14.8 Å². The fraction of sp³-hybridized carbons (Fsp3) is 0.294. The van der Waals surface area contributed by atoms with Crippen molar-refractivity contribution in [1.82, 2.24) is 5.32 Å². The summed E-state index contributed by atoms with van der Waals surface area (Å²) in [7, 11) is 1.56. The molecule has 0 saturated heterocycles. The summed E-state index contributed by atoms with van der Waals surface area (Å²) in [5.74, 6) is 0.598. The van der Waals surface area contributed by atoms with E-state index >= 15 is 0 Å². The Hall–Kier alpha value is -1.49. The molecular weight excluding hydrogens is 340 g/mol. The molecule has 0 aromatic heterocycles. The van der Waals surface area contributed by atoms with Gasteiger partial charge in [-0.25, -0.2) is 4.39 Å². The number of nitrogens with one attached hydrogen (secondary N) is 1. The molecule has 0 spiro atoms. The highest BCUT2D eigenvalue weighted by atomic mass is 35.5. The molecule has 0 radical (unpaired) electrons. The second-order valence-electron chi connectivity index (χ2n) is 4.91. The Bertz CT molecular complexity index is 680. The van der Waals surface area contributed by atoms with Crippen LogP contribution in [0.2, 0.25) is 10.0 Å². The zero-order valence-electron chi connectivity index (χ0n) is 13.0. The Morgan fingerprint density at radius 2 is 1.91 bits per heavy atom. The molecule has 1 N–H and O–H groups in total. The number of hydrogen-bond donors (Lipinski definition) is 1. The second kappa shape index (κ2) is 8.39. The summed E-state index contributed by atoms with van der Waals surface area (Å²) in [6.45, 7) is 3.75. The molecule has 0 bridgehead atoms. The van der Waals surface area contributed by atoms with Gasteiger partial charge in [0.05, 0.1) is 17.2 Å². The highest BCUT2D eigenvalue weighted by molar-refractivity contribution is 6.32. The van der Waals surface area contributed by atoms with E-state index in [0.717, 1.165) is 12.1 Å². The summed E-state index contributed by atoms with van der Waals surface area (Å²) in [6.07, 6.45) is 0. The normalized spacial score (nSPS) is 10.7. The van der Waals surface area contributed by atoms with Crippen molar-refractivity contribution < 1.29 is 13.9 Å². The minimum atomic E-state index is -0.387. The van der Waals surface area contributed by atoms with Crippen LogP contribution >= 0.6 is 23.2 Å². The van der Waals surface area contributed by atoms with Gasteiger partial charge in [-0.2, -0.15) is 0 Å². The Labute approximate surface area is 145 Å². The number of ether oxygens (including phenoxy) is 2. The lowest BCUT2D eigenvalue weighted by Gasteiger charge is -2.15. The van der Waals surface area contributed by atoms with Gasteiger partial charge < -0.3 is 14.8 Å². The van der Waals surface area contributed by atoms with Crippen LogP contribution in [-0.2, 0) is 13.2 Å². The summed E-state index contributed by atoms with van der Waals surface area (Å²) in [4.78, 5) is 0. The van der Waals surface area contributed by atoms with E-state index in [0.29, 0.717) is 33.7 Å². The van der Waals surface area contributed by atoms with Crippen molar-refractivity contribution in [2.24, 2.45) is 0 Å². The van der Waals surface area contributed by atoms with Crippen LogP contribution in [0.4, 0.5) is 4.39 Å². The highest BCUT2D eigenvalue weighted by Crippen LogP contribution is 2.37. The lowest BCUT2D eigenvalue weighted by molar-refractivity contribution is 0.284. The average molecular weight is 358 g/mol. The Balaban J connectivity index is 2.18. The maximum absolute atomic E-state index is 13.1. The fourth-order valence-electron chi connectivity index (χ4n) is 2.07. The number of hydrogen-bond acceptors (Lipinski definition) is 3. The molecule has 0 amide bonds. The fourth-order valence-corrected chi connectivity index (χ4v) is 2.58. The van der Waals surface area contributed by atoms with Gasteiger partial charge in [-0.1, -0.05) is 36.2 Å². The zero-order chi connectivity index (χ0) is 16.8. The predicted molar refractivity (Wildman–Crippen MR) is 91.1 cm³/mol. The summed E-state index contributed by atoms with van der Waals surface area (Å²) in [5.41, 5.74) is 1.67. The van der Waals surface area contributed by atoms with Crippen LogP contribution in [0.1, 0.15) is 18.1 Å². The maximum atomic E-state index is 13.1. The maximum Gasteiger partial charge on any atom is 0.180 e. The van der Waals surface area contributed by atoms with Crippen LogP contribution in [0.5, 0.6) is 11.5 Å². The van der Waals surface area contributed by atoms with Gasteiger partial charge in [0.2, 0.25) is 0 Å². The van der Waals surface area contributed by atoms with Crippen LogP contribution in [0.3, 0.4) is 0 Å². The minimum Gasteiger partial charge on any atom is -0.493 e. The lowest BCUT2D eigenvalue weighted by atomic mass is 10.2. The third-order valence-electron chi connectivity index (χ3n) is 3.26. The number of methoxy groups -OCH3 is 1. The summed E-state index contributed by atoms with van der Waals surface area (Å²) < 4.78 is 24.2. The van der Waals surface area contributed by atoms with E-state index in [1.165, 1.54) is 12.1 Å². The molecule has 23 heavy (non-hydrogen) atoms. The van der Waals surface area contributed by atoms with Crippen molar-refractivity contribution in [1.29, 1.82) is 0 Å². The number of rotatable bonds is 7. The topological polar surface area (TPSA) is 30.5 Å². The van der Waals surface area contributed by atoms with Crippen LogP contribution in [0.15, 0.2) is 30.3 Å². The second-order valence-corrected chi connectivity index (χ2v) is 5.73. The first-order chi connectivity index (χ1) is 11.0. The summed E-state index contributed by atoms with van der Waals surface area (Å²) >= 11 is 12.3. The van der Waals surface area contributed by atoms with Crippen molar-refractivity contribution >= 4 is 23.2 Å². The molecule has 2 aromatic carbocycles. The van der Waals surface area contributed by atoms with Crippen molar-refractivity contribution in [2.45, 2.75) is 20.1 Å². The third-order valence-corrected chi connectivity index (χ3v) is 3.89. The van der Waals surface area contributed by atoms with Crippen molar-refractivity contribution in [3.63, 3.8) is 0 Å². The Kier molecular flexibility index (Phi) is 6.51. The Morgan fingerprint density at radius 3 is 2.57 bits per heavy atom. The number of benzene rings is 2. The first-order valence-corrected chi connectivity index (χ1v) is 7.94. The zero-order valence-corrected chi connectivity index (χ0v) is 14.5. The van der Waals surface area contributed by atoms with Crippen molar-refractivity contribution in [2.75, 3.05) is 13.7 Å². The van der Waals surface area contributed by atoms with E-state index in [9.17, 15) is 4.39 Å². The van der Waals surface area contributed by atoms with Crippen molar-refractivity contribution in [3.8, 4) is 11.5 Å². The van der Waals surface area contributed by atoms with E-state index in [-0.39, 0.29) is 12.4 Å². The highest BCUT2D eigenvalue weighted by Gasteiger charge is 2.13. The first-order valence-electron chi connectivity index (χ1n) is 7.19. The predicted octanol–water partition coefficient (Wildman–Crippen LogP) is 4.83. The molecular formula is C17H18Cl2FNO2. The molecule has 2 rings (SSSR count). The average Bonchev–Trinajstić information content (AvgIpc) is 2.52. The molecule has 2 aromatic rings. The first kappa shape index (κ1) is 17.9.